The summed E-state index contributed by atoms with van der Waals surface area (Å²) in [6, 6.07) is 7.31. The number of rotatable bonds is 6. The van der Waals surface area contributed by atoms with Gasteiger partial charge >= 0.3 is 0 Å². The van der Waals surface area contributed by atoms with Crippen molar-refractivity contribution in [1.29, 1.82) is 0 Å². The van der Waals surface area contributed by atoms with Gasteiger partial charge in [-0.25, -0.2) is 0 Å². The summed E-state index contributed by atoms with van der Waals surface area (Å²) in [7, 11) is 0. The van der Waals surface area contributed by atoms with Gasteiger partial charge in [0.2, 0.25) is 0 Å². The second kappa shape index (κ2) is 9.48. The molecule has 0 radical (unpaired) electrons. The number of nitrogens with zero attached hydrogens (tertiary/aromatic N) is 1. The van der Waals surface area contributed by atoms with Crippen LogP contribution in [0.3, 0.4) is 0 Å². The smallest absolute Gasteiger partial charge is 0.178 e. The molecule has 0 aromatic heterocycles. The molecule has 4 aliphatic carbocycles. The second-order valence-corrected chi connectivity index (χ2v) is 12.3. The number of Topliss-reactive ketones (excluding diaryl/α,β-unsaturated/α-hetero) is 1. The molecule has 0 heterocycles. The Morgan fingerprint density at radius 1 is 1.22 bits per heavy atom. The van der Waals surface area contributed by atoms with Crippen molar-refractivity contribution in [1.82, 2.24) is 5.06 Å². The lowest BCUT2D eigenvalue weighted by Crippen LogP contribution is -2.56. The SMILES string of the molecule is C[C@]12C[C@H](O)C3[C@@H](CCC4=CC(=O)C=C[C@@]43C)C1C[C@@H](CN(O)Cc1ccc(Cl)cc1)C2C(=O)CO. The average molecular weight is 514 g/mol. The van der Waals surface area contributed by atoms with E-state index in [1.165, 1.54) is 5.06 Å². The monoisotopic (exact) mass is 513 g/mol. The summed E-state index contributed by atoms with van der Waals surface area (Å²) >= 11 is 5.99. The Kier molecular flexibility index (Phi) is 6.80. The van der Waals surface area contributed by atoms with E-state index in [2.05, 4.69) is 13.8 Å². The Bertz CT molecular complexity index is 1100. The molecule has 3 saturated carbocycles. The molecule has 0 amide bonds. The maximum absolute atomic E-state index is 13.2. The third-order valence-electron chi connectivity index (χ3n) is 9.90. The fourth-order valence-corrected chi connectivity index (χ4v) is 8.68. The highest BCUT2D eigenvalue weighted by Crippen LogP contribution is 2.67. The van der Waals surface area contributed by atoms with Crippen molar-refractivity contribution in [3.05, 3.63) is 58.7 Å². The molecule has 8 atom stereocenters. The van der Waals surface area contributed by atoms with Gasteiger partial charge in [0.05, 0.1) is 6.10 Å². The number of carbonyl (C=O) groups is 2. The molecule has 1 aromatic carbocycles. The lowest BCUT2D eigenvalue weighted by Gasteiger charge is -2.58. The Hall–Kier alpha value is -1.83. The van der Waals surface area contributed by atoms with Gasteiger partial charge in [-0.2, -0.15) is 5.06 Å². The highest BCUT2D eigenvalue weighted by Gasteiger charge is 2.64. The van der Waals surface area contributed by atoms with Gasteiger partial charge < -0.3 is 15.4 Å². The van der Waals surface area contributed by atoms with Crippen LogP contribution in [0, 0.1) is 40.4 Å². The minimum atomic E-state index is -0.616. The fourth-order valence-electron chi connectivity index (χ4n) is 8.55. The molecule has 4 aliphatic rings. The van der Waals surface area contributed by atoms with Crippen molar-refractivity contribution in [3.8, 4) is 0 Å². The molecule has 7 heteroatoms. The van der Waals surface area contributed by atoms with E-state index in [0.717, 1.165) is 30.4 Å². The molecular weight excluding hydrogens is 478 g/mol. The van der Waals surface area contributed by atoms with Crippen LogP contribution in [0.5, 0.6) is 0 Å². The number of fused-ring (bicyclic) bond motifs is 5. The first-order valence-corrected chi connectivity index (χ1v) is 13.4. The third kappa shape index (κ3) is 4.21. The van der Waals surface area contributed by atoms with Crippen molar-refractivity contribution in [3.63, 3.8) is 0 Å². The summed E-state index contributed by atoms with van der Waals surface area (Å²) in [5.74, 6) is -0.406. The van der Waals surface area contributed by atoms with E-state index < -0.39 is 24.0 Å². The van der Waals surface area contributed by atoms with E-state index in [1.807, 2.05) is 18.2 Å². The molecule has 5 rings (SSSR count). The summed E-state index contributed by atoms with van der Waals surface area (Å²) in [6.45, 7) is 4.33. The van der Waals surface area contributed by atoms with Crippen molar-refractivity contribution in [2.24, 2.45) is 40.4 Å². The Morgan fingerprint density at radius 2 is 1.94 bits per heavy atom. The molecule has 6 nitrogen and oxygen atoms in total. The Labute approximate surface area is 217 Å². The van der Waals surface area contributed by atoms with Crippen LogP contribution in [-0.2, 0) is 16.1 Å². The molecule has 36 heavy (non-hydrogen) atoms. The maximum Gasteiger partial charge on any atom is 0.178 e. The van der Waals surface area contributed by atoms with Crippen LogP contribution in [-0.4, -0.2) is 51.3 Å². The van der Waals surface area contributed by atoms with Crippen LogP contribution >= 0.6 is 11.6 Å². The van der Waals surface area contributed by atoms with Gasteiger partial charge in [0.15, 0.2) is 11.6 Å². The number of hydroxylamine groups is 2. The lowest BCUT2D eigenvalue weighted by atomic mass is 9.46. The molecule has 3 unspecified atom stereocenters. The van der Waals surface area contributed by atoms with Gasteiger partial charge in [-0.1, -0.05) is 49.2 Å². The summed E-state index contributed by atoms with van der Waals surface area (Å²) < 4.78 is 0. The Balaban J connectivity index is 1.42. The van der Waals surface area contributed by atoms with Gasteiger partial charge in [0, 0.05) is 35.4 Å². The first-order chi connectivity index (χ1) is 17.1. The standard InChI is InChI=1S/C29H36ClNO5/c1-28-10-9-21(33)12-19(28)5-8-22-23-11-18(15-31(36)14-17-3-6-20(30)7-4-17)26(25(35)16-32)29(23,2)13-24(34)27(22)28/h3-4,6-7,9-10,12,18,22-24,26-27,32,34,36H,5,8,11,13-16H2,1-2H3/t18-,22-,23?,24-,26?,27?,28-,29-/m0/s1. The molecule has 3 N–H and O–H groups in total. The first-order valence-electron chi connectivity index (χ1n) is 13.0. The average Bonchev–Trinajstić information content (AvgIpc) is 3.11. The third-order valence-corrected chi connectivity index (χ3v) is 10.1. The van der Waals surface area contributed by atoms with Crippen molar-refractivity contribution in [2.75, 3.05) is 13.2 Å². The normalized spacial score (nSPS) is 39.4. The predicted octanol–water partition coefficient (Wildman–Crippen LogP) is 4.21. The molecule has 3 fully saturated rings. The van der Waals surface area contributed by atoms with Crippen LogP contribution < -0.4 is 0 Å². The van der Waals surface area contributed by atoms with E-state index in [9.17, 15) is 25.0 Å². The van der Waals surface area contributed by atoms with Gasteiger partial charge in [-0.3, -0.25) is 9.59 Å². The zero-order valence-electron chi connectivity index (χ0n) is 20.9. The zero-order valence-corrected chi connectivity index (χ0v) is 21.7. The molecule has 194 valence electrons. The number of aliphatic hydroxyl groups excluding tert-OH is 2. The van der Waals surface area contributed by atoms with Gasteiger partial charge in [0.1, 0.15) is 6.61 Å². The number of ketones is 2. The number of halogens is 1. The van der Waals surface area contributed by atoms with Crippen LogP contribution in [0.4, 0.5) is 0 Å². The quantitative estimate of drug-likeness (QED) is 0.493. The number of hydrogen-bond donors (Lipinski definition) is 3. The number of hydrogen-bond acceptors (Lipinski definition) is 6. The van der Waals surface area contributed by atoms with Crippen LogP contribution in [0.25, 0.3) is 0 Å². The Morgan fingerprint density at radius 3 is 2.64 bits per heavy atom. The van der Waals surface area contributed by atoms with E-state index in [0.29, 0.717) is 24.5 Å². The number of carbonyl (C=O) groups excluding carboxylic acids is 2. The van der Waals surface area contributed by atoms with Crippen LogP contribution in [0.2, 0.25) is 5.02 Å². The van der Waals surface area contributed by atoms with Crippen molar-refractivity contribution in [2.45, 2.75) is 52.2 Å². The fraction of sp³-hybridized carbons (Fsp3) is 0.586. The lowest BCUT2D eigenvalue weighted by molar-refractivity contribution is -0.146. The molecule has 0 bridgehead atoms. The number of benzene rings is 1. The van der Waals surface area contributed by atoms with Gasteiger partial charge in [0.25, 0.3) is 0 Å². The van der Waals surface area contributed by atoms with E-state index in [1.54, 1.807) is 24.3 Å². The summed E-state index contributed by atoms with van der Waals surface area (Å²) in [6.07, 6.45) is 7.64. The topological polar surface area (TPSA) is 98.1 Å². The highest BCUT2D eigenvalue weighted by atomic mass is 35.5. The zero-order chi connectivity index (χ0) is 25.8. The largest absolute Gasteiger partial charge is 0.393 e. The predicted molar refractivity (Wildman–Crippen MR) is 136 cm³/mol. The van der Waals surface area contributed by atoms with Crippen molar-refractivity contribution >= 4 is 23.2 Å². The number of allylic oxidation sites excluding steroid dienone is 4. The van der Waals surface area contributed by atoms with E-state index >= 15 is 0 Å². The van der Waals surface area contributed by atoms with E-state index in [-0.39, 0.29) is 40.7 Å². The summed E-state index contributed by atoms with van der Waals surface area (Å²) in [4.78, 5) is 25.2. The van der Waals surface area contributed by atoms with Crippen molar-refractivity contribution < 1.29 is 25.0 Å². The maximum atomic E-state index is 13.2. The molecular formula is C29H36ClNO5. The van der Waals surface area contributed by atoms with Gasteiger partial charge in [-0.05, 0) is 78.7 Å². The van der Waals surface area contributed by atoms with E-state index in [4.69, 9.17) is 11.6 Å². The molecule has 0 saturated heterocycles. The van der Waals surface area contributed by atoms with Crippen LogP contribution in [0.1, 0.15) is 45.1 Å². The first kappa shape index (κ1) is 25.8. The van der Waals surface area contributed by atoms with Gasteiger partial charge in [-0.15, -0.1) is 0 Å². The number of aliphatic hydroxyl groups is 2. The second-order valence-electron chi connectivity index (χ2n) is 11.9. The molecule has 0 aliphatic heterocycles. The van der Waals surface area contributed by atoms with Crippen LogP contribution in [0.15, 0.2) is 48.1 Å². The minimum Gasteiger partial charge on any atom is -0.393 e. The minimum absolute atomic E-state index is 0.00863. The summed E-state index contributed by atoms with van der Waals surface area (Å²) in [5.41, 5.74) is 1.19. The summed E-state index contributed by atoms with van der Waals surface area (Å²) in [5, 5.41) is 34.2. The highest BCUT2D eigenvalue weighted by molar-refractivity contribution is 6.30. The molecule has 1 aromatic rings. The molecule has 0 spiro atoms.